The first-order valence-corrected chi connectivity index (χ1v) is 13.7. The summed E-state index contributed by atoms with van der Waals surface area (Å²) in [6, 6.07) is 14.1. The maximum Gasteiger partial charge on any atom is 0.363 e. The number of thiophene rings is 1. The van der Waals surface area contributed by atoms with E-state index in [1.807, 2.05) is 25.1 Å². The number of carbonyl (C=O) groups excluding carboxylic acids is 2. The second kappa shape index (κ2) is 11.3. The van der Waals surface area contributed by atoms with Crippen molar-refractivity contribution in [1.29, 1.82) is 0 Å². The molecule has 0 unspecified atom stereocenters. The number of halogens is 2. The lowest BCUT2D eigenvalue weighted by molar-refractivity contribution is -0.129. The van der Waals surface area contributed by atoms with E-state index in [9.17, 15) is 9.59 Å². The fourth-order valence-corrected chi connectivity index (χ4v) is 5.92. The van der Waals surface area contributed by atoms with E-state index in [4.69, 9.17) is 35.3 Å². The van der Waals surface area contributed by atoms with Crippen molar-refractivity contribution in [2.75, 3.05) is 21.3 Å². The number of nitrogens with zero attached hydrogens (tertiary/aromatic N) is 1. The van der Waals surface area contributed by atoms with Gasteiger partial charge in [-0.15, -0.1) is 11.3 Å². The van der Waals surface area contributed by atoms with Crippen molar-refractivity contribution in [1.82, 2.24) is 0 Å². The third-order valence-corrected chi connectivity index (χ3v) is 8.10. The monoisotopic (exact) mass is 641 g/mol. The number of rotatable bonds is 7. The zero-order chi connectivity index (χ0) is 28.6. The summed E-state index contributed by atoms with van der Waals surface area (Å²) in [6.07, 6.45) is 1.48. The average molecular weight is 643 g/mol. The third kappa shape index (κ3) is 5.30. The summed E-state index contributed by atoms with van der Waals surface area (Å²) < 4.78 is 28.9. The zero-order valence-electron chi connectivity index (χ0n) is 21.7. The molecule has 0 aliphatic carbocycles. The summed E-state index contributed by atoms with van der Waals surface area (Å²) >= 11 is 11.2. The molecule has 1 aromatic heterocycles. The van der Waals surface area contributed by atoms with Crippen molar-refractivity contribution in [3.63, 3.8) is 0 Å². The fraction of sp³-hybridized carbons (Fsp3) is 0.138. The molecular formula is C29H21BrClNO7S. The summed E-state index contributed by atoms with van der Waals surface area (Å²) in [4.78, 5) is 30.6. The highest BCUT2D eigenvalue weighted by Crippen LogP contribution is 2.40. The molecule has 0 fully saturated rings. The Labute approximate surface area is 246 Å². The fourth-order valence-electron chi connectivity index (χ4n) is 4.06. The second-order valence-corrected chi connectivity index (χ2v) is 10.9. The molecule has 0 N–H and O–H groups in total. The van der Waals surface area contributed by atoms with Gasteiger partial charge in [0.05, 0.1) is 26.4 Å². The molecule has 3 aromatic carbocycles. The number of aryl methyl sites for hydroxylation is 1. The van der Waals surface area contributed by atoms with E-state index in [2.05, 4.69) is 20.9 Å². The van der Waals surface area contributed by atoms with Gasteiger partial charge in [-0.3, -0.25) is 0 Å². The lowest BCUT2D eigenvalue weighted by atomic mass is 10.1. The predicted molar refractivity (Wildman–Crippen MR) is 157 cm³/mol. The predicted octanol–water partition coefficient (Wildman–Crippen LogP) is 7.22. The Bertz CT molecular complexity index is 1720. The number of hydrogen-bond acceptors (Lipinski definition) is 9. The van der Waals surface area contributed by atoms with Crippen LogP contribution in [0.1, 0.15) is 26.4 Å². The molecule has 1 aliphatic rings. The van der Waals surface area contributed by atoms with Crippen LogP contribution in [0.4, 0.5) is 0 Å². The smallest absolute Gasteiger partial charge is 0.363 e. The van der Waals surface area contributed by atoms with E-state index in [1.165, 1.54) is 38.7 Å². The van der Waals surface area contributed by atoms with Crippen molar-refractivity contribution >= 4 is 72.9 Å². The van der Waals surface area contributed by atoms with Gasteiger partial charge in [0.15, 0.2) is 17.2 Å². The Morgan fingerprint density at radius 3 is 2.40 bits per heavy atom. The van der Waals surface area contributed by atoms with Crippen LogP contribution in [0.25, 0.3) is 16.2 Å². The molecule has 0 saturated heterocycles. The first kappa shape index (κ1) is 27.7. The molecule has 2 heterocycles. The van der Waals surface area contributed by atoms with Crippen LogP contribution in [0.5, 0.6) is 23.0 Å². The highest BCUT2D eigenvalue weighted by Gasteiger charge is 2.27. The van der Waals surface area contributed by atoms with Crippen molar-refractivity contribution in [3.05, 3.63) is 85.3 Å². The first-order chi connectivity index (χ1) is 19.2. The van der Waals surface area contributed by atoms with Gasteiger partial charge >= 0.3 is 11.9 Å². The maximum atomic E-state index is 13.2. The minimum atomic E-state index is -0.677. The quantitative estimate of drug-likeness (QED) is 0.119. The largest absolute Gasteiger partial charge is 0.493 e. The minimum absolute atomic E-state index is 0.00882. The molecule has 5 rings (SSSR count). The number of cyclic esters (lactones) is 1. The standard InChI is InChI=1S/C29H21BrClNO7S/c1-14-5-7-18-23(9-14)40-26(24(18)31)29(34)38-20-8-6-17(30)10-15(20)11-19-28(33)39-27(32-19)16-12-21(35-2)25(37-4)22(13-16)36-3/h5-13H,1-4H3/b19-11+. The molecule has 204 valence electrons. The summed E-state index contributed by atoms with van der Waals surface area (Å²) in [5.74, 6) is 0.133. The summed E-state index contributed by atoms with van der Waals surface area (Å²) in [6.45, 7) is 1.97. The Morgan fingerprint density at radius 1 is 1.00 bits per heavy atom. The maximum absolute atomic E-state index is 13.2. The molecular weight excluding hydrogens is 622 g/mol. The van der Waals surface area contributed by atoms with Gasteiger partial charge in [0.1, 0.15) is 10.6 Å². The summed E-state index contributed by atoms with van der Waals surface area (Å²) in [5.41, 5.74) is 1.94. The number of hydrogen-bond donors (Lipinski definition) is 0. The molecule has 8 nitrogen and oxygen atoms in total. The molecule has 11 heteroatoms. The van der Waals surface area contributed by atoms with Crippen LogP contribution >= 0.6 is 38.9 Å². The van der Waals surface area contributed by atoms with Gasteiger partial charge in [-0.25, -0.2) is 14.6 Å². The molecule has 1 aliphatic heterocycles. The normalized spacial score (nSPS) is 13.8. The number of aliphatic imine (C=N–C) groups is 1. The SMILES string of the molecule is COc1cc(C2=N/C(=C/c3cc(Br)ccc3OC(=O)c3sc4cc(C)ccc4c3Cl)C(=O)O2)cc(OC)c1OC. The van der Waals surface area contributed by atoms with Crippen LogP contribution in [0.2, 0.25) is 5.02 Å². The molecule has 0 spiro atoms. The lowest BCUT2D eigenvalue weighted by Gasteiger charge is -2.13. The van der Waals surface area contributed by atoms with E-state index >= 15 is 0 Å². The van der Waals surface area contributed by atoms with E-state index in [1.54, 1.807) is 30.3 Å². The summed E-state index contributed by atoms with van der Waals surface area (Å²) in [5, 5.41) is 1.12. The van der Waals surface area contributed by atoms with Crippen LogP contribution < -0.4 is 18.9 Å². The van der Waals surface area contributed by atoms with E-state index in [0.29, 0.717) is 37.9 Å². The summed E-state index contributed by atoms with van der Waals surface area (Å²) in [7, 11) is 4.46. The highest BCUT2D eigenvalue weighted by molar-refractivity contribution is 9.10. The Hall–Kier alpha value is -3.86. The lowest BCUT2D eigenvalue weighted by Crippen LogP contribution is -2.08. The third-order valence-electron chi connectivity index (χ3n) is 5.97. The van der Waals surface area contributed by atoms with Crippen molar-refractivity contribution in [3.8, 4) is 23.0 Å². The number of ether oxygens (including phenoxy) is 5. The van der Waals surface area contributed by atoms with Crippen LogP contribution in [0.3, 0.4) is 0 Å². The van der Waals surface area contributed by atoms with Crippen LogP contribution in [-0.2, 0) is 9.53 Å². The van der Waals surface area contributed by atoms with Gasteiger partial charge in [-0.1, -0.05) is 39.7 Å². The highest BCUT2D eigenvalue weighted by atomic mass is 79.9. The molecule has 0 radical (unpaired) electrons. The van der Waals surface area contributed by atoms with E-state index in [0.717, 1.165) is 15.6 Å². The topological polar surface area (TPSA) is 92.7 Å². The van der Waals surface area contributed by atoms with E-state index < -0.39 is 11.9 Å². The average Bonchev–Trinajstić information content (AvgIpc) is 3.47. The Kier molecular flexibility index (Phi) is 7.84. The van der Waals surface area contributed by atoms with Gasteiger partial charge in [0, 0.05) is 25.7 Å². The Morgan fingerprint density at radius 2 is 1.73 bits per heavy atom. The van der Waals surface area contributed by atoms with Gasteiger partial charge < -0.3 is 23.7 Å². The van der Waals surface area contributed by atoms with Crippen LogP contribution in [-0.4, -0.2) is 39.2 Å². The van der Waals surface area contributed by atoms with Gasteiger partial charge in [-0.05, 0) is 55.0 Å². The van der Waals surface area contributed by atoms with Gasteiger partial charge in [0.25, 0.3) is 0 Å². The number of methoxy groups -OCH3 is 3. The minimum Gasteiger partial charge on any atom is -0.493 e. The second-order valence-electron chi connectivity index (χ2n) is 8.57. The van der Waals surface area contributed by atoms with E-state index in [-0.39, 0.29) is 22.2 Å². The number of fused-ring (bicyclic) bond motifs is 1. The molecule has 0 amide bonds. The van der Waals surface area contributed by atoms with Crippen LogP contribution in [0, 0.1) is 6.92 Å². The van der Waals surface area contributed by atoms with Crippen molar-refractivity contribution in [2.24, 2.45) is 4.99 Å². The number of esters is 2. The molecule has 40 heavy (non-hydrogen) atoms. The number of carbonyl (C=O) groups is 2. The van der Waals surface area contributed by atoms with Gasteiger partial charge in [0.2, 0.25) is 11.6 Å². The number of benzene rings is 3. The van der Waals surface area contributed by atoms with Gasteiger partial charge in [-0.2, -0.15) is 0 Å². The molecule has 0 bridgehead atoms. The zero-order valence-corrected chi connectivity index (χ0v) is 24.8. The van der Waals surface area contributed by atoms with Crippen LogP contribution in [0.15, 0.2) is 63.7 Å². The Balaban J connectivity index is 1.49. The van der Waals surface area contributed by atoms with Crippen molar-refractivity contribution in [2.45, 2.75) is 6.92 Å². The molecule has 4 aromatic rings. The first-order valence-electron chi connectivity index (χ1n) is 11.8. The molecule has 0 saturated carbocycles. The van der Waals surface area contributed by atoms with Crippen molar-refractivity contribution < 1.29 is 33.3 Å². The molecule has 0 atom stereocenters.